The normalized spacial score (nSPS) is 12.5. The number of benzene rings is 1. The lowest BCUT2D eigenvalue weighted by Crippen LogP contribution is -2.18. The predicted octanol–water partition coefficient (Wildman–Crippen LogP) is 3.49. The van der Waals surface area contributed by atoms with E-state index in [0.717, 1.165) is 34.0 Å². The standard InChI is InChI=1S/C17H20N4O2S/c1-4-14(16(22)23-3)24-17-20-19-15(21(17)5-2)12-10-18-13-9-7-6-8-11(12)13/h6-10,14,18H,4-5H2,1-3H3/t14-/m0/s1. The average Bonchev–Trinajstić information content (AvgIpc) is 3.22. The van der Waals surface area contributed by atoms with Crippen LogP contribution in [0.3, 0.4) is 0 Å². The van der Waals surface area contributed by atoms with Crippen LogP contribution in [0.1, 0.15) is 20.3 Å². The highest BCUT2D eigenvalue weighted by molar-refractivity contribution is 8.00. The van der Waals surface area contributed by atoms with Crippen LogP contribution in [0.4, 0.5) is 0 Å². The van der Waals surface area contributed by atoms with E-state index in [1.54, 1.807) is 0 Å². The van der Waals surface area contributed by atoms with E-state index < -0.39 is 0 Å². The number of ether oxygens (including phenoxy) is 1. The van der Waals surface area contributed by atoms with Crippen LogP contribution in [0.15, 0.2) is 35.6 Å². The van der Waals surface area contributed by atoms with Crippen LogP contribution in [0.25, 0.3) is 22.3 Å². The molecule has 1 N–H and O–H groups in total. The Balaban J connectivity index is 1.99. The highest BCUT2D eigenvalue weighted by atomic mass is 32.2. The van der Waals surface area contributed by atoms with Crippen LogP contribution in [0.5, 0.6) is 0 Å². The van der Waals surface area contributed by atoms with Gasteiger partial charge in [0.05, 0.1) is 7.11 Å². The maximum atomic E-state index is 11.9. The molecule has 6 nitrogen and oxygen atoms in total. The first kappa shape index (κ1) is 16.6. The smallest absolute Gasteiger partial charge is 0.319 e. The third kappa shape index (κ3) is 2.91. The first-order valence-electron chi connectivity index (χ1n) is 7.93. The van der Waals surface area contributed by atoms with Crippen LogP contribution in [0.2, 0.25) is 0 Å². The van der Waals surface area contributed by atoms with Gasteiger partial charge in [-0.2, -0.15) is 0 Å². The minimum atomic E-state index is -0.277. The van der Waals surface area contributed by atoms with E-state index in [2.05, 4.69) is 21.2 Å². The summed E-state index contributed by atoms with van der Waals surface area (Å²) in [5, 5.41) is 10.2. The summed E-state index contributed by atoms with van der Waals surface area (Å²) in [4.78, 5) is 15.1. The van der Waals surface area contributed by atoms with Gasteiger partial charge in [-0.15, -0.1) is 10.2 Å². The largest absolute Gasteiger partial charge is 0.468 e. The molecule has 3 rings (SSSR count). The minimum Gasteiger partial charge on any atom is -0.468 e. The fourth-order valence-corrected chi connectivity index (χ4v) is 3.72. The summed E-state index contributed by atoms with van der Waals surface area (Å²) in [5.41, 5.74) is 2.08. The van der Waals surface area contributed by atoms with Gasteiger partial charge in [-0.05, 0) is 19.4 Å². The summed E-state index contributed by atoms with van der Waals surface area (Å²) in [6.07, 6.45) is 2.63. The quantitative estimate of drug-likeness (QED) is 0.547. The fraction of sp³-hybridized carbons (Fsp3) is 0.353. The topological polar surface area (TPSA) is 72.8 Å². The van der Waals surface area contributed by atoms with E-state index in [4.69, 9.17) is 4.74 Å². The molecule has 1 atom stereocenters. The van der Waals surface area contributed by atoms with E-state index in [9.17, 15) is 4.79 Å². The Bertz CT molecular complexity index is 855. The molecule has 0 radical (unpaired) electrons. The maximum absolute atomic E-state index is 11.9. The molecule has 3 aromatic rings. The van der Waals surface area contributed by atoms with E-state index in [1.807, 2.05) is 42.8 Å². The van der Waals surface area contributed by atoms with Gasteiger partial charge in [0, 0.05) is 29.2 Å². The number of nitrogens with one attached hydrogen (secondary N) is 1. The number of H-pyrrole nitrogens is 1. The molecule has 7 heteroatoms. The zero-order valence-electron chi connectivity index (χ0n) is 13.9. The second kappa shape index (κ2) is 7.09. The lowest BCUT2D eigenvalue weighted by molar-refractivity contribution is -0.140. The van der Waals surface area contributed by atoms with Crippen molar-refractivity contribution < 1.29 is 9.53 Å². The molecule has 24 heavy (non-hydrogen) atoms. The molecule has 0 aliphatic rings. The van der Waals surface area contributed by atoms with Crippen LogP contribution < -0.4 is 0 Å². The second-order valence-electron chi connectivity index (χ2n) is 5.34. The third-order valence-corrected chi connectivity index (χ3v) is 5.27. The van der Waals surface area contributed by atoms with Gasteiger partial charge in [-0.3, -0.25) is 4.79 Å². The first-order chi connectivity index (χ1) is 11.7. The minimum absolute atomic E-state index is 0.234. The van der Waals surface area contributed by atoms with Crippen molar-refractivity contribution in [3.63, 3.8) is 0 Å². The lowest BCUT2D eigenvalue weighted by atomic mass is 10.1. The van der Waals surface area contributed by atoms with Crippen molar-refractivity contribution in [2.75, 3.05) is 7.11 Å². The highest BCUT2D eigenvalue weighted by Crippen LogP contribution is 2.32. The average molecular weight is 344 g/mol. The van der Waals surface area contributed by atoms with Gasteiger partial charge in [0.1, 0.15) is 5.25 Å². The number of methoxy groups -OCH3 is 1. The Hall–Kier alpha value is -2.28. The van der Waals surface area contributed by atoms with E-state index in [-0.39, 0.29) is 11.2 Å². The number of carbonyl (C=O) groups excluding carboxylic acids is 1. The number of thioether (sulfide) groups is 1. The summed E-state index contributed by atoms with van der Waals surface area (Å²) in [6.45, 7) is 4.73. The molecule has 0 bridgehead atoms. The summed E-state index contributed by atoms with van der Waals surface area (Å²) >= 11 is 1.40. The summed E-state index contributed by atoms with van der Waals surface area (Å²) in [6, 6.07) is 8.10. The molecule has 0 fully saturated rings. The molecule has 0 unspecified atom stereocenters. The Morgan fingerprint density at radius 3 is 2.83 bits per heavy atom. The molecule has 0 saturated heterocycles. The second-order valence-corrected chi connectivity index (χ2v) is 6.51. The highest BCUT2D eigenvalue weighted by Gasteiger charge is 2.23. The van der Waals surface area contributed by atoms with Crippen molar-refractivity contribution >= 4 is 28.6 Å². The number of hydrogen-bond donors (Lipinski definition) is 1. The molecule has 0 aliphatic heterocycles. The number of nitrogens with zero attached hydrogens (tertiary/aromatic N) is 3. The Kier molecular flexibility index (Phi) is 4.89. The van der Waals surface area contributed by atoms with Crippen LogP contribution in [0, 0.1) is 0 Å². The van der Waals surface area contributed by atoms with Gasteiger partial charge >= 0.3 is 5.97 Å². The number of aromatic nitrogens is 4. The zero-order valence-corrected chi connectivity index (χ0v) is 14.8. The number of carbonyl (C=O) groups is 1. The van der Waals surface area contributed by atoms with Crippen molar-refractivity contribution in [2.45, 2.75) is 37.2 Å². The summed E-state index contributed by atoms with van der Waals surface area (Å²) in [7, 11) is 1.41. The SMILES string of the molecule is CC[C@H](Sc1nnc(-c2c[nH]c3ccccc23)n1CC)C(=O)OC. The van der Waals surface area contributed by atoms with Gasteiger partial charge in [-0.25, -0.2) is 0 Å². The molecule has 0 amide bonds. The molecule has 2 heterocycles. The zero-order chi connectivity index (χ0) is 17.1. The van der Waals surface area contributed by atoms with E-state index in [1.165, 1.54) is 18.9 Å². The predicted molar refractivity (Wildman–Crippen MR) is 94.9 cm³/mol. The van der Waals surface area contributed by atoms with Gasteiger partial charge in [0.15, 0.2) is 11.0 Å². The van der Waals surface area contributed by atoms with Crippen LogP contribution >= 0.6 is 11.8 Å². The third-order valence-electron chi connectivity index (χ3n) is 3.95. The van der Waals surface area contributed by atoms with Crippen molar-refractivity contribution in [3.8, 4) is 11.4 Å². The number of aromatic amines is 1. The molecular weight excluding hydrogens is 324 g/mol. The van der Waals surface area contributed by atoms with Gasteiger partial charge in [0.25, 0.3) is 0 Å². The number of esters is 1. The number of rotatable bonds is 6. The van der Waals surface area contributed by atoms with Crippen molar-refractivity contribution in [3.05, 3.63) is 30.5 Å². The van der Waals surface area contributed by atoms with E-state index >= 15 is 0 Å². The van der Waals surface area contributed by atoms with Crippen LogP contribution in [-0.4, -0.2) is 38.1 Å². The Morgan fingerprint density at radius 2 is 2.12 bits per heavy atom. The first-order valence-corrected chi connectivity index (χ1v) is 8.81. The van der Waals surface area contributed by atoms with Crippen molar-refractivity contribution in [1.29, 1.82) is 0 Å². The van der Waals surface area contributed by atoms with Crippen LogP contribution in [-0.2, 0) is 16.1 Å². The van der Waals surface area contributed by atoms with E-state index in [0.29, 0.717) is 6.42 Å². The number of para-hydroxylation sites is 1. The summed E-state index contributed by atoms with van der Waals surface area (Å²) in [5.74, 6) is 0.568. The van der Waals surface area contributed by atoms with Crippen molar-refractivity contribution in [2.24, 2.45) is 0 Å². The van der Waals surface area contributed by atoms with Gasteiger partial charge < -0.3 is 14.3 Å². The van der Waals surface area contributed by atoms with Gasteiger partial charge in [0.2, 0.25) is 0 Å². The fourth-order valence-electron chi connectivity index (χ4n) is 2.67. The van der Waals surface area contributed by atoms with Crippen molar-refractivity contribution in [1.82, 2.24) is 19.7 Å². The molecule has 0 spiro atoms. The monoisotopic (exact) mass is 344 g/mol. The Morgan fingerprint density at radius 1 is 1.33 bits per heavy atom. The summed E-state index contributed by atoms with van der Waals surface area (Å²) < 4.78 is 6.90. The molecule has 1 aromatic carbocycles. The lowest BCUT2D eigenvalue weighted by Gasteiger charge is -2.12. The number of hydrogen-bond acceptors (Lipinski definition) is 5. The van der Waals surface area contributed by atoms with Gasteiger partial charge in [-0.1, -0.05) is 36.9 Å². The molecule has 2 aromatic heterocycles. The maximum Gasteiger partial charge on any atom is 0.319 e. The number of fused-ring (bicyclic) bond motifs is 1. The Labute approximate surface area is 144 Å². The molecule has 0 aliphatic carbocycles. The molecule has 126 valence electrons. The molecule has 0 saturated carbocycles. The molecular formula is C17H20N4O2S.